The van der Waals surface area contributed by atoms with E-state index < -0.39 is 16.1 Å². The van der Waals surface area contributed by atoms with Crippen molar-refractivity contribution in [3.8, 4) is 0 Å². The molecule has 0 aromatic carbocycles. The Labute approximate surface area is 134 Å². The van der Waals surface area contributed by atoms with Gasteiger partial charge in [-0.3, -0.25) is 0 Å². The van der Waals surface area contributed by atoms with Gasteiger partial charge >= 0.3 is 0 Å². The first kappa shape index (κ1) is 16.1. The zero-order valence-corrected chi connectivity index (χ0v) is 14.1. The first-order chi connectivity index (χ1) is 10.9. The Morgan fingerprint density at radius 1 is 1.43 bits per heavy atom. The number of methoxy groups -OCH3 is 1. The molecule has 3 rings (SSSR count). The van der Waals surface area contributed by atoms with Crippen LogP contribution in [-0.4, -0.2) is 35.4 Å². The zero-order valence-electron chi connectivity index (χ0n) is 13.2. The largest absolute Gasteiger partial charge is 0.377 e. The summed E-state index contributed by atoms with van der Waals surface area (Å²) in [5, 5.41) is 8.04. The van der Waals surface area contributed by atoms with Crippen molar-refractivity contribution in [3.05, 3.63) is 23.1 Å². The lowest BCUT2D eigenvalue weighted by Gasteiger charge is -2.22. The molecule has 0 aliphatic carbocycles. The summed E-state index contributed by atoms with van der Waals surface area (Å²) in [6.45, 7) is 4.19. The van der Waals surface area contributed by atoms with E-state index in [1.54, 1.807) is 25.6 Å². The van der Waals surface area contributed by atoms with Gasteiger partial charge in [0.15, 0.2) is 11.6 Å². The number of aromatic nitrogens is 4. The molecule has 0 saturated carbocycles. The molecule has 1 aliphatic heterocycles. The fourth-order valence-electron chi connectivity index (χ4n) is 2.81. The third-order valence-electron chi connectivity index (χ3n) is 3.73. The van der Waals surface area contributed by atoms with E-state index in [4.69, 9.17) is 9.26 Å². The van der Waals surface area contributed by atoms with Crippen LogP contribution < -0.4 is 4.72 Å². The lowest BCUT2D eigenvalue weighted by molar-refractivity contribution is 0.177. The molecule has 9 nitrogen and oxygen atoms in total. The van der Waals surface area contributed by atoms with Crippen LogP contribution >= 0.6 is 0 Å². The highest BCUT2D eigenvalue weighted by molar-refractivity contribution is 7.89. The highest BCUT2D eigenvalue weighted by Gasteiger charge is 2.32. The molecule has 2 aromatic heterocycles. The normalized spacial score (nSPS) is 18.1. The number of nitrogens with zero attached hydrogens (tertiary/aromatic N) is 4. The van der Waals surface area contributed by atoms with Gasteiger partial charge in [0, 0.05) is 13.7 Å². The molecule has 126 valence electrons. The van der Waals surface area contributed by atoms with E-state index in [0.717, 1.165) is 13.0 Å². The standard InChI is InChI=1S/C13H19N5O4S/c1-8-12(9(2)22-16-8)23(19,20)17-10-5-4-6-18-13(10)14-11(15-18)7-21-3/h10,17H,4-7H2,1-3H3/t10-/m1/s1. The summed E-state index contributed by atoms with van der Waals surface area (Å²) >= 11 is 0. The molecule has 0 fully saturated rings. The third-order valence-corrected chi connectivity index (χ3v) is 5.44. The monoisotopic (exact) mass is 341 g/mol. The second-order valence-corrected chi connectivity index (χ2v) is 7.16. The average Bonchev–Trinajstić information content (AvgIpc) is 3.03. The predicted octanol–water partition coefficient (Wildman–Crippen LogP) is 0.843. The second-order valence-electron chi connectivity index (χ2n) is 5.51. The molecule has 0 amide bonds. The molecule has 10 heteroatoms. The van der Waals surface area contributed by atoms with Crippen molar-refractivity contribution in [1.29, 1.82) is 0 Å². The van der Waals surface area contributed by atoms with Crippen LogP contribution in [0.3, 0.4) is 0 Å². The van der Waals surface area contributed by atoms with E-state index in [9.17, 15) is 8.42 Å². The van der Waals surface area contributed by atoms with E-state index in [2.05, 4.69) is 20.0 Å². The van der Waals surface area contributed by atoms with Gasteiger partial charge in [-0.15, -0.1) is 0 Å². The van der Waals surface area contributed by atoms with Crippen molar-refractivity contribution in [2.45, 2.75) is 50.8 Å². The lowest BCUT2D eigenvalue weighted by atomic mass is 10.1. The number of aryl methyl sites for hydroxylation is 3. The van der Waals surface area contributed by atoms with Crippen molar-refractivity contribution in [3.63, 3.8) is 0 Å². The summed E-state index contributed by atoms with van der Waals surface area (Å²) in [6, 6.07) is -0.430. The minimum absolute atomic E-state index is 0.0891. The molecule has 3 heterocycles. The fraction of sp³-hybridized carbons (Fsp3) is 0.615. The molecular weight excluding hydrogens is 322 g/mol. The summed E-state index contributed by atoms with van der Waals surface area (Å²) in [5.74, 6) is 1.43. The molecule has 1 N–H and O–H groups in total. The number of fused-ring (bicyclic) bond motifs is 1. The molecule has 2 aromatic rings. The maximum atomic E-state index is 12.7. The molecule has 0 radical (unpaired) electrons. The molecule has 0 bridgehead atoms. The number of hydrogen-bond donors (Lipinski definition) is 1. The number of rotatable bonds is 5. The Balaban J connectivity index is 1.90. The highest BCUT2D eigenvalue weighted by Crippen LogP contribution is 2.27. The second kappa shape index (κ2) is 6.02. The maximum absolute atomic E-state index is 12.7. The van der Waals surface area contributed by atoms with Crippen LogP contribution in [0.25, 0.3) is 0 Å². The minimum atomic E-state index is -3.74. The SMILES string of the molecule is COCc1nc2n(n1)CCC[C@H]2NS(=O)(=O)c1c(C)noc1C. The summed E-state index contributed by atoms with van der Waals surface area (Å²) < 4.78 is 39.7. The Morgan fingerprint density at radius 2 is 2.22 bits per heavy atom. The fourth-order valence-corrected chi connectivity index (χ4v) is 4.36. The van der Waals surface area contributed by atoms with Crippen LogP contribution in [0.15, 0.2) is 9.42 Å². The van der Waals surface area contributed by atoms with Gasteiger partial charge in [0.05, 0.1) is 6.04 Å². The molecule has 0 spiro atoms. The zero-order chi connectivity index (χ0) is 16.6. The average molecular weight is 341 g/mol. The van der Waals surface area contributed by atoms with E-state index in [1.807, 2.05) is 0 Å². The Morgan fingerprint density at radius 3 is 2.87 bits per heavy atom. The van der Waals surface area contributed by atoms with Gasteiger partial charge in [-0.1, -0.05) is 5.16 Å². The van der Waals surface area contributed by atoms with Gasteiger partial charge in [-0.25, -0.2) is 22.8 Å². The third kappa shape index (κ3) is 3.01. The topological polar surface area (TPSA) is 112 Å². The van der Waals surface area contributed by atoms with Gasteiger partial charge in [-0.05, 0) is 26.7 Å². The summed E-state index contributed by atoms with van der Waals surface area (Å²) in [5.41, 5.74) is 0.340. The highest BCUT2D eigenvalue weighted by atomic mass is 32.2. The predicted molar refractivity (Wildman–Crippen MR) is 79.0 cm³/mol. The number of nitrogens with one attached hydrogen (secondary N) is 1. The van der Waals surface area contributed by atoms with E-state index in [-0.39, 0.29) is 10.7 Å². The van der Waals surface area contributed by atoms with Crippen molar-refractivity contribution >= 4 is 10.0 Å². The lowest BCUT2D eigenvalue weighted by Crippen LogP contribution is -2.33. The first-order valence-corrected chi connectivity index (χ1v) is 8.78. The van der Waals surface area contributed by atoms with Gasteiger partial charge < -0.3 is 9.26 Å². The molecule has 0 saturated heterocycles. The molecule has 1 aliphatic rings. The summed E-state index contributed by atoms with van der Waals surface area (Å²) in [7, 11) is -2.18. The van der Waals surface area contributed by atoms with Crippen molar-refractivity contribution in [2.75, 3.05) is 7.11 Å². The molecular formula is C13H19N5O4S. The summed E-state index contributed by atoms with van der Waals surface area (Å²) in [6.07, 6.45) is 1.48. The molecule has 1 atom stereocenters. The van der Waals surface area contributed by atoms with Crippen molar-refractivity contribution < 1.29 is 17.7 Å². The minimum Gasteiger partial charge on any atom is -0.377 e. The van der Waals surface area contributed by atoms with Gasteiger partial charge in [0.25, 0.3) is 0 Å². The van der Waals surface area contributed by atoms with Crippen LogP contribution in [0.1, 0.15) is 42.0 Å². The molecule has 23 heavy (non-hydrogen) atoms. The van der Waals surface area contributed by atoms with Crippen LogP contribution in [0.5, 0.6) is 0 Å². The van der Waals surface area contributed by atoms with Crippen molar-refractivity contribution in [1.82, 2.24) is 24.6 Å². The van der Waals surface area contributed by atoms with Gasteiger partial charge in [0.2, 0.25) is 10.0 Å². The van der Waals surface area contributed by atoms with Crippen LogP contribution in [0.2, 0.25) is 0 Å². The molecule has 0 unspecified atom stereocenters. The van der Waals surface area contributed by atoms with E-state index in [0.29, 0.717) is 30.4 Å². The Bertz CT molecular complexity index is 791. The maximum Gasteiger partial charge on any atom is 0.246 e. The quantitative estimate of drug-likeness (QED) is 0.857. The van der Waals surface area contributed by atoms with E-state index in [1.165, 1.54) is 0 Å². The summed E-state index contributed by atoms with van der Waals surface area (Å²) in [4.78, 5) is 4.48. The number of sulfonamides is 1. The van der Waals surface area contributed by atoms with Gasteiger partial charge in [-0.2, -0.15) is 5.10 Å². The van der Waals surface area contributed by atoms with Crippen molar-refractivity contribution in [2.24, 2.45) is 0 Å². The Kier molecular flexibility index (Phi) is 4.21. The number of hydrogen-bond acceptors (Lipinski definition) is 7. The number of ether oxygens (including phenoxy) is 1. The van der Waals surface area contributed by atoms with Crippen LogP contribution in [-0.2, 0) is 27.9 Å². The smallest absolute Gasteiger partial charge is 0.246 e. The Hall–Kier alpha value is -1.78. The van der Waals surface area contributed by atoms with Crippen LogP contribution in [0, 0.1) is 13.8 Å². The van der Waals surface area contributed by atoms with Crippen LogP contribution in [0.4, 0.5) is 0 Å². The van der Waals surface area contributed by atoms with E-state index >= 15 is 0 Å². The van der Waals surface area contributed by atoms with Gasteiger partial charge in [0.1, 0.15) is 23.0 Å². The first-order valence-electron chi connectivity index (χ1n) is 7.30.